The van der Waals surface area contributed by atoms with Crippen LogP contribution < -0.4 is 5.32 Å². The summed E-state index contributed by atoms with van der Waals surface area (Å²) in [5, 5.41) is 10.8. The average molecular weight is 192 g/mol. The molecule has 13 heavy (non-hydrogen) atoms. The van der Waals surface area contributed by atoms with Crippen molar-refractivity contribution in [3.05, 3.63) is 0 Å². The predicted molar refractivity (Wildman–Crippen MR) is 46.4 cm³/mol. The molecule has 1 atom stereocenters. The van der Waals surface area contributed by atoms with E-state index in [4.69, 9.17) is 9.22 Å². The van der Waals surface area contributed by atoms with Crippen LogP contribution in [0.4, 0.5) is 4.79 Å². The fraction of sp³-hybridized carbons (Fsp3) is 0.750. The van der Waals surface area contributed by atoms with Gasteiger partial charge in [0.05, 0.1) is 6.61 Å². The largest absolute Gasteiger partial charge is 0.480 e. The molecule has 0 saturated heterocycles. The number of rotatable bonds is 4. The van der Waals surface area contributed by atoms with Crippen molar-refractivity contribution < 1.29 is 23.5 Å². The maximum absolute atomic E-state index is 11.1. The monoisotopic (exact) mass is 192 g/mol. The Morgan fingerprint density at radius 3 is 2.62 bits per heavy atom. The van der Waals surface area contributed by atoms with Crippen molar-refractivity contribution in [1.82, 2.24) is 5.32 Å². The minimum absolute atomic E-state index is 0.321. The van der Waals surface area contributed by atoms with Crippen LogP contribution in [0, 0.1) is 5.92 Å². The number of ether oxygens (including phenoxy) is 1. The molecule has 0 bridgehead atoms. The molecule has 5 heteroatoms. The maximum atomic E-state index is 11.1. The van der Waals surface area contributed by atoms with Crippen molar-refractivity contribution in [2.45, 2.75) is 26.7 Å². The van der Waals surface area contributed by atoms with E-state index in [1.165, 1.54) is 0 Å². The van der Waals surface area contributed by atoms with E-state index >= 15 is 0 Å². The molecule has 0 spiro atoms. The van der Waals surface area contributed by atoms with Gasteiger partial charge >= 0.3 is 12.1 Å². The van der Waals surface area contributed by atoms with Crippen molar-refractivity contribution in [2.24, 2.45) is 5.92 Å². The lowest BCUT2D eigenvalue weighted by Gasteiger charge is -2.16. The maximum Gasteiger partial charge on any atom is 0.407 e. The van der Waals surface area contributed by atoms with Gasteiger partial charge in [-0.2, -0.15) is 0 Å². The summed E-state index contributed by atoms with van der Waals surface area (Å²) in [5.74, 6) is -1.52. The minimum Gasteiger partial charge on any atom is -0.480 e. The molecule has 0 aromatic carbocycles. The fourth-order valence-corrected chi connectivity index (χ4v) is 0.748. The summed E-state index contributed by atoms with van der Waals surface area (Å²) in [4.78, 5) is 21.8. The zero-order chi connectivity index (χ0) is 12.9. The summed E-state index contributed by atoms with van der Waals surface area (Å²) >= 11 is 0. The van der Waals surface area contributed by atoms with E-state index in [2.05, 4.69) is 10.1 Å². The first-order valence-corrected chi connectivity index (χ1v) is 3.79. The lowest BCUT2D eigenvalue weighted by Crippen LogP contribution is -2.44. The van der Waals surface area contributed by atoms with Crippen LogP contribution >= 0.6 is 0 Å². The van der Waals surface area contributed by atoms with Gasteiger partial charge in [0.1, 0.15) is 6.04 Å². The molecule has 0 fully saturated rings. The molecule has 0 aromatic heterocycles. The zero-order valence-electron chi connectivity index (χ0n) is 10.5. The second kappa shape index (κ2) is 5.40. The van der Waals surface area contributed by atoms with E-state index < -0.39 is 31.6 Å². The number of hydrogen-bond acceptors (Lipinski definition) is 3. The number of hydrogen-bond donors (Lipinski definition) is 2. The molecule has 0 aliphatic heterocycles. The zero-order valence-corrected chi connectivity index (χ0v) is 7.53. The van der Waals surface area contributed by atoms with Gasteiger partial charge in [0.25, 0.3) is 0 Å². The number of carbonyl (C=O) groups excluding carboxylic acids is 1. The van der Waals surface area contributed by atoms with E-state index in [1.54, 1.807) is 13.8 Å². The lowest BCUT2D eigenvalue weighted by atomic mass is 10.1. The highest BCUT2D eigenvalue weighted by atomic mass is 16.5. The Hall–Kier alpha value is -1.26. The van der Waals surface area contributed by atoms with E-state index in [1.807, 2.05) is 0 Å². The Morgan fingerprint density at radius 2 is 2.23 bits per heavy atom. The fourth-order valence-electron chi connectivity index (χ4n) is 0.748. The Kier molecular flexibility index (Phi) is 2.98. The minimum atomic E-state index is -2.38. The summed E-state index contributed by atoms with van der Waals surface area (Å²) in [6.07, 6.45) is -1.04. The topological polar surface area (TPSA) is 75.6 Å². The predicted octanol–water partition coefficient (Wildman–Crippen LogP) is 0.842. The second-order valence-corrected chi connectivity index (χ2v) is 2.78. The van der Waals surface area contributed by atoms with Crippen molar-refractivity contribution in [1.29, 1.82) is 0 Å². The third-order valence-corrected chi connectivity index (χ3v) is 1.41. The van der Waals surface area contributed by atoms with Crippen molar-refractivity contribution >= 4 is 12.1 Å². The normalized spacial score (nSPS) is 16.7. The quantitative estimate of drug-likeness (QED) is 0.692. The van der Waals surface area contributed by atoms with Crippen LogP contribution in [0.3, 0.4) is 0 Å². The first kappa shape index (κ1) is 7.17. The molecule has 2 N–H and O–H groups in total. The molecule has 0 aromatic rings. The molecule has 0 unspecified atom stereocenters. The van der Waals surface area contributed by atoms with Crippen LogP contribution in [0.1, 0.15) is 24.8 Å². The van der Waals surface area contributed by atoms with E-state index in [-0.39, 0.29) is 5.92 Å². The number of carboxylic acid groups (broad SMARTS) is 1. The highest BCUT2D eigenvalue weighted by molar-refractivity contribution is 5.80. The molecule has 0 aliphatic carbocycles. The second-order valence-electron chi connectivity index (χ2n) is 2.78. The number of aliphatic carboxylic acids is 1. The van der Waals surface area contributed by atoms with Gasteiger partial charge < -0.3 is 15.2 Å². The molecular weight excluding hydrogens is 174 g/mol. The molecule has 0 rings (SSSR count). The number of alkyl carbamates (subject to hydrolysis) is 1. The van der Waals surface area contributed by atoms with Crippen LogP contribution in [0.25, 0.3) is 0 Å². The summed E-state index contributed by atoms with van der Waals surface area (Å²) in [7, 11) is 0. The van der Waals surface area contributed by atoms with Gasteiger partial charge in [-0.05, 0) is 12.8 Å². The number of carbonyl (C=O) groups is 2. The molecule has 0 aliphatic rings. The van der Waals surface area contributed by atoms with Crippen molar-refractivity contribution in [3.63, 3.8) is 0 Å². The van der Waals surface area contributed by atoms with E-state index in [9.17, 15) is 9.59 Å². The summed E-state index contributed by atoms with van der Waals surface area (Å²) < 4.78 is 24.7. The summed E-state index contributed by atoms with van der Waals surface area (Å²) in [5.41, 5.74) is 0. The summed E-state index contributed by atoms with van der Waals surface area (Å²) in [6.45, 7) is 0.100. The first-order valence-electron chi connectivity index (χ1n) is 5.29. The van der Waals surface area contributed by atoms with Gasteiger partial charge in [-0.25, -0.2) is 9.59 Å². The van der Waals surface area contributed by atoms with Gasteiger partial charge in [-0.1, -0.05) is 13.8 Å². The highest BCUT2D eigenvalue weighted by Crippen LogP contribution is 2.01. The Labute approximate surface area is 81.3 Å². The Morgan fingerprint density at radius 1 is 1.62 bits per heavy atom. The van der Waals surface area contributed by atoms with Gasteiger partial charge in [0.15, 0.2) is 0 Å². The van der Waals surface area contributed by atoms with Crippen LogP contribution in [-0.2, 0) is 9.53 Å². The first-order chi connectivity index (χ1) is 7.13. The van der Waals surface area contributed by atoms with Crippen LogP contribution in [0.2, 0.25) is 0 Å². The third kappa shape index (κ3) is 4.35. The van der Waals surface area contributed by atoms with Gasteiger partial charge in [-0.3, -0.25) is 0 Å². The highest BCUT2D eigenvalue weighted by Gasteiger charge is 2.23. The molecule has 76 valence electrons. The van der Waals surface area contributed by atoms with Gasteiger partial charge in [0.2, 0.25) is 0 Å². The van der Waals surface area contributed by atoms with Crippen molar-refractivity contribution in [2.75, 3.05) is 6.61 Å². The van der Waals surface area contributed by atoms with Crippen molar-refractivity contribution in [3.8, 4) is 0 Å². The van der Waals surface area contributed by atoms with E-state index in [0.717, 1.165) is 0 Å². The SMILES string of the molecule is [2H]C([2H])([2H])COC(=O)N[C@H](C(=O)O)C(C)C. The lowest BCUT2D eigenvalue weighted by molar-refractivity contribution is -0.140. The molecule has 5 nitrogen and oxygen atoms in total. The molecule has 0 radical (unpaired) electrons. The van der Waals surface area contributed by atoms with Crippen LogP contribution in [-0.4, -0.2) is 29.8 Å². The average Bonchev–Trinajstić information content (AvgIpc) is 2.08. The number of carboxylic acids is 1. The van der Waals surface area contributed by atoms with Crippen LogP contribution in [0.5, 0.6) is 0 Å². The molecular formula is C8H15NO4. The standard InChI is InChI=1S/C8H15NO4/c1-4-13-8(12)9-6(5(2)3)7(10)11/h5-6H,4H2,1-3H3,(H,9,12)(H,10,11)/t6-/m0/s1/i1D3. The van der Waals surface area contributed by atoms with Gasteiger partial charge in [-0.15, -0.1) is 0 Å². The molecule has 0 heterocycles. The van der Waals surface area contributed by atoms with Crippen LogP contribution in [0.15, 0.2) is 0 Å². The number of nitrogens with one attached hydrogen (secondary N) is 1. The smallest absolute Gasteiger partial charge is 0.407 e. The molecule has 1 amide bonds. The Bertz CT molecular complexity index is 264. The van der Waals surface area contributed by atoms with Gasteiger partial charge in [0, 0.05) is 4.11 Å². The third-order valence-electron chi connectivity index (χ3n) is 1.41. The number of amides is 1. The molecule has 0 saturated carbocycles. The van der Waals surface area contributed by atoms with E-state index in [0.29, 0.717) is 0 Å². The summed E-state index contributed by atoms with van der Waals surface area (Å²) in [6, 6.07) is -1.09. The Balaban J connectivity index is 4.17.